The molecule has 0 rings (SSSR count). The van der Waals surface area contributed by atoms with Gasteiger partial charge in [-0.2, -0.15) is 0 Å². The SMILES string of the molecule is CCCCCC(N)N(C)CC. The van der Waals surface area contributed by atoms with Crippen molar-refractivity contribution in [3.63, 3.8) is 0 Å². The van der Waals surface area contributed by atoms with Crippen molar-refractivity contribution in [1.82, 2.24) is 4.90 Å². The predicted molar refractivity (Wildman–Crippen MR) is 50.4 cm³/mol. The Bertz CT molecular complexity index is 83.6. The van der Waals surface area contributed by atoms with Crippen molar-refractivity contribution in [2.24, 2.45) is 5.73 Å². The molecule has 0 aromatic carbocycles. The van der Waals surface area contributed by atoms with E-state index >= 15 is 0 Å². The Morgan fingerprint density at radius 3 is 2.36 bits per heavy atom. The van der Waals surface area contributed by atoms with E-state index in [9.17, 15) is 0 Å². The quantitative estimate of drug-likeness (QED) is 0.472. The van der Waals surface area contributed by atoms with Gasteiger partial charge in [0.1, 0.15) is 0 Å². The van der Waals surface area contributed by atoms with Crippen LogP contribution in [0, 0.1) is 0 Å². The summed E-state index contributed by atoms with van der Waals surface area (Å²) in [6.45, 7) is 5.40. The van der Waals surface area contributed by atoms with Crippen LogP contribution in [-0.4, -0.2) is 24.7 Å². The molecule has 0 aromatic rings. The average molecular weight is 158 g/mol. The molecule has 0 radical (unpaired) electrons. The second-order valence-electron chi connectivity index (χ2n) is 3.14. The van der Waals surface area contributed by atoms with E-state index in [1.54, 1.807) is 0 Å². The lowest BCUT2D eigenvalue weighted by Gasteiger charge is -2.22. The Kier molecular flexibility index (Phi) is 6.57. The molecular formula is C9H22N2. The van der Waals surface area contributed by atoms with Crippen molar-refractivity contribution >= 4 is 0 Å². The third kappa shape index (κ3) is 5.22. The van der Waals surface area contributed by atoms with Gasteiger partial charge < -0.3 is 5.73 Å². The summed E-state index contributed by atoms with van der Waals surface area (Å²) in [4.78, 5) is 2.19. The van der Waals surface area contributed by atoms with Crippen LogP contribution in [0.25, 0.3) is 0 Å². The van der Waals surface area contributed by atoms with Gasteiger partial charge in [-0.3, -0.25) is 4.90 Å². The van der Waals surface area contributed by atoms with Crippen LogP contribution in [0.1, 0.15) is 39.5 Å². The summed E-state index contributed by atoms with van der Waals surface area (Å²) in [5, 5.41) is 0. The van der Waals surface area contributed by atoms with E-state index in [1.807, 2.05) is 0 Å². The van der Waals surface area contributed by atoms with E-state index in [0.29, 0.717) is 0 Å². The molecule has 11 heavy (non-hydrogen) atoms. The van der Waals surface area contributed by atoms with Gasteiger partial charge in [0.25, 0.3) is 0 Å². The zero-order valence-electron chi connectivity index (χ0n) is 8.14. The maximum atomic E-state index is 5.89. The van der Waals surface area contributed by atoms with Gasteiger partial charge in [0.05, 0.1) is 6.17 Å². The topological polar surface area (TPSA) is 29.3 Å². The van der Waals surface area contributed by atoms with E-state index in [1.165, 1.54) is 19.3 Å². The van der Waals surface area contributed by atoms with Crippen LogP contribution >= 0.6 is 0 Å². The molecule has 1 atom stereocenters. The minimum atomic E-state index is 0.270. The van der Waals surface area contributed by atoms with Crippen molar-refractivity contribution in [2.45, 2.75) is 45.7 Å². The van der Waals surface area contributed by atoms with Gasteiger partial charge in [0.2, 0.25) is 0 Å². The highest BCUT2D eigenvalue weighted by atomic mass is 15.2. The Hall–Kier alpha value is -0.0800. The fourth-order valence-electron chi connectivity index (χ4n) is 1.06. The maximum Gasteiger partial charge on any atom is 0.0569 e. The Morgan fingerprint density at radius 1 is 1.27 bits per heavy atom. The van der Waals surface area contributed by atoms with Crippen LogP contribution in [0.3, 0.4) is 0 Å². The third-order valence-electron chi connectivity index (χ3n) is 2.17. The summed E-state index contributed by atoms with van der Waals surface area (Å²) in [5.74, 6) is 0. The summed E-state index contributed by atoms with van der Waals surface area (Å²) < 4.78 is 0. The first-order valence-electron chi connectivity index (χ1n) is 4.68. The number of rotatable bonds is 6. The second-order valence-corrected chi connectivity index (χ2v) is 3.14. The van der Waals surface area contributed by atoms with Crippen molar-refractivity contribution in [3.05, 3.63) is 0 Å². The molecule has 0 aromatic heterocycles. The van der Waals surface area contributed by atoms with Crippen LogP contribution in [-0.2, 0) is 0 Å². The average Bonchev–Trinajstić information content (AvgIpc) is 2.03. The number of hydrogen-bond acceptors (Lipinski definition) is 2. The highest BCUT2D eigenvalue weighted by molar-refractivity contribution is 4.59. The molecule has 0 bridgehead atoms. The lowest BCUT2D eigenvalue weighted by molar-refractivity contribution is 0.242. The number of nitrogens with zero attached hydrogens (tertiary/aromatic N) is 1. The molecule has 0 aliphatic carbocycles. The Morgan fingerprint density at radius 2 is 1.91 bits per heavy atom. The van der Waals surface area contributed by atoms with E-state index in [-0.39, 0.29) is 6.17 Å². The van der Waals surface area contributed by atoms with Gasteiger partial charge >= 0.3 is 0 Å². The predicted octanol–water partition coefficient (Wildman–Crippen LogP) is 1.80. The van der Waals surface area contributed by atoms with Gasteiger partial charge in [0, 0.05) is 0 Å². The molecule has 0 aliphatic heterocycles. The lowest BCUT2D eigenvalue weighted by atomic mass is 10.1. The lowest BCUT2D eigenvalue weighted by Crippen LogP contribution is -2.38. The number of nitrogens with two attached hydrogens (primary N) is 1. The molecule has 0 heterocycles. The monoisotopic (exact) mass is 158 g/mol. The first-order valence-corrected chi connectivity index (χ1v) is 4.68. The zero-order valence-corrected chi connectivity index (χ0v) is 8.14. The van der Waals surface area contributed by atoms with Gasteiger partial charge in [-0.05, 0) is 20.0 Å². The van der Waals surface area contributed by atoms with Crippen LogP contribution < -0.4 is 5.73 Å². The van der Waals surface area contributed by atoms with E-state index in [0.717, 1.165) is 13.0 Å². The molecule has 1 unspecified atom stereocenters. The fourth-order valence-corrected chi connectivity index (χ4v) is 1.06. The summed E-state index contributed by atoms with van der Waals surface area (Å²) >= 11 is 0. The zero-order chi connectivity index (χ0) is 8.69. The summed E-state index contributed by atoms with van der Waals surface area (Å²) in [5.41, 5.74) is 5.89. The van der Waals surface area contributed by atoms with E-state index < -0.39 is 0 Å². The molecule has 0 saturated carbocycles. The summed E-state index contributed by atoms with van der Waals surface area (Å²) in [6.07, 6.45) is 5.26. The fraction of sp³-hybridized carbons (Fsp3) is 1.00. The summed E-state index contributed by atoms with van der Waals surface area (Å²) in [6, 6.07) is 0. The van der Waals surface area contributed by atoms with E-state index in [4.69, 9.17) is 5.73 Å². The Balaban J connectivity index is 3.28. The van der Waals surface area contributed by atoms with Crippen LogP contribution in [0.4, 0.5) is 0 Å². The minimum absolute atomic E-state index is 0.270. The van der Waals surface area contributed by atoms with Crippen molar-refractivity contribution < 1.29 is 0 Å². The largest absolute Gasteiger partial charge is 0.316 e. The number of unbranched alkanes of at least 4 members (excludes halogenated alkanes) is 2. The minimum Gasteiger partial charge on any atom is -0.316 e. The standard InChI is InChI=1S/C9H22N2/c1-4-6-7-8-9(10)11(3)5-2/h9H,4-8,10H2,1-3H3. The van der Waals surface area contributed by atoms with Crippen LogP contribution in [0.5, 0.6) is 0 Å². The van der Waals surface area contributed by atoms with Gasteiger partial charge in [-0.15, -0.1) is 0 Å². The van der Waals surface area contributed by atoms with Crippen molar-refractivity contribution in [2.75, 3.05) is 13.6 Å². The van der Waals surface area contributed by atoms with Crippen molar-refractivity contribution in [1.29, 1.82) is 0 Å². The first-order chi connectivity index (χ1) is 5.22. The number of hydrogen-bond donors (Lipinski definition) is 1. The molecule has 0 saturated heterocycles. The van der Waals surface area contributed by atoms with Gasteiger partial charge in [0.15, 0.2) is 0 Å². The molecular weight excluding hydrogens is 136 g/mol. The summed E-state index contributed by atoms with van der Waals surface area (Å²) in [7, 11) is 2.08. The molecule has 68 valence electrons. The van der Waals surface area contributed by atoms with E-state index in [2.05, 4.69) is 25.8 Å². The second kappa shape index (κ2) is 6.62. The maximum absolute atomic E-state index is 5.89. The van der Waals surface area contributed by atoms with Crippen LogP contribution in [0.2, 0.25) is 0 Å². The van der Waals surface area contributed by atoms with Gasteiger partial charge in [-0.1, -0.05) is 33.1 Å². The molecule has 2 heteroatoms. The highest BCUT2D eigenvalue weighted by Crippen LogP contribution is 2.03. The molecule has 2 N–H and O–H groups in total. The molecule has 0 spiro atoms. The third-order valence-corrected chi connectivity index (χ3v) is 2.17. The van der Waals surface area contributed by atoms with Crippen LogP contribution in [0.15, 0.2) is 0 Å². The highest BCUT2D eigenvalue weighted by Gasteiger charge is 2.05. The molecule has 0 fully saturated rings. The Labute approximate surface area is 70.8 Å². The first kappa shape index (κ1) is 10.9. The smallest absolute Gasteiger partial charge is 0.0569 e. The molecule has 0 amide bonds. The molecule has 0 aliphatic rings. The normalized spacial score (nSPS) is 13.9. The van der Waals surface area contributed by atoms with Gasteiger partial charge in [-0.25, -0.2) is 0 Å². The van der Waals surface area contributed by atoms with Crippen molar-refractivity contribution in [3.8, 4) is 0 Å². The molecule has 2 nitrogen and oxygen atoms in total.